The van der Waals surface area contributed by atoms with Crippen LogP contribution in [0.25, 0.3) is 0 Å². The highest BCUT2D eigenvalue weighted by molar-refractivity contribution is 5.78. The third kappa shape index (κ3) is 4.60. The minimum Gasteiger partial charge on any atom is -0.497 e. The lowest BCUT2D eigenvalue weighted by Crippen LogP contribution is -2.36. The second-order valence-electron chi connectivity index (χ2n) is 6.67. The lowest BCUT2D eigenvalue weighted by atomic mass is 10.0. The van der Waals surface area contributed by atoms with Crippen LogP contribution in [0.15, 0.2) is 48.5 Å². The van der Waals surface area contributed by atoms with Gasteiger partial charge in [-0.05, 0) is 49.6 Å². The van der Waals surface area contributed by atoms with Crippen molar-refractivity contribution in [1.82, 2.24) is 10.2 Å². The Morgan fingerprint density at radius 1 is 1.24 bits per heavy atom. The van der Waals surface area contributed by atoms with Gasteiger partial charge in [-0.25, -0.2) is 0 Å². The Hall–Kier alpha value is -2.33. The van der Waals surface area contributed by atoms with Crippen LogP contribution in [0.1, 0.15) is 35.6 Å². The number of ether oxygens (including phenoxy) is 1. The summed E-state index contributed by atoms with van der Waals surface area (Å²) in [7, 11) is 1.68. The summed E-state index contributed by atoms with van der Waals surface area (Å²) in [6.45, 7) is 4.04. The fourth-order valence-electron chi connectivity index (χ4n) is 3.39. The Morgan fingerprint density at radius 3 is 2.80 bits per heavy atom. The molecule has 1 N–H and O–H groups in total. The predicted molar refractivity (Wildman–Crippen MR) is 99.6 cm³/mol. The van der Waals surface area contributed by atoms with Crippen molar-refractivity contribution in [3.05, 3.63) is 65.2 Å². The molecule has 25 heavy (non-hydrogen) atoms. The average Bonchev–Trinajstić information content (AvgIpc) is 3.09. The summed E-state index contributed by atoms with van der Waals surface area (Å²) in [4.78, 5) is 14.6. The van der Waals surface area contributed by atoms with Crippen molar-refractivity contribution >= 4 is 5.91 Å². The first-order chi connectivity index (χ1) is 12.2. The van der Waals surface area contributed by atoms with Gasteiger partial charge in [-0.15, -0.1) is 0 Å². The molecule has 0 aromatic heterocycles. The van der Waals surface area contributed by atoms with E-state index in [1.807, 2.05) is 12.1 Å². The molecule has 0 bridgehead atoms. The zero-order valence-corrected chi connectivity index (χ0v) is 15.0. The molecule has 1 unspecified atom stereocenters. The number of methoxy groups -OCH3 is 1. The first kappa shape index (κ1) is 17.5. The molecular formula is C21H26N2O2. The van der Waals surface area contributed by atoms with Crippen molar-refractivity contribution in [1.29, 1.82) is 0 Å². The minimum absolute atomic E-state index is 0.0790. The van der Waals surface area contributed by atoms with Crippen molar-refractivity contribution in [2.45, 2.75) is 32.4 Å². The number of aryl methyl sites for hydroxylation is 1. The molecule has 1 aliphatic heterocycles. The van der Waals surface area contributed by atoms with Crippen molar-refractivity contribution in [2.24, 2.45) is 0 Å². The molecule has 1 saturated heterocycles. The van der Waals surface area contributed by atoms with Gasteiger partial charge in [-0.3, -0.25) is 9.69 Å². The van der Waals surface area contributed by atoms with Crippen LogP contribution in [0.2, 0.25) is 0 Å². The third-order valence-corrected chi connectivity index (χ3v) is 4.80. The highest BCUT2D eigenvalue weighted by Crippen LogP contribution is 2.33. The molecule has 1 aliphatic rings. The van der Waals surface area contributed by atoms with Crippen molar-refractivity contribution in [2.75, 3.05) is 20.2 Å². The normalized spacial score (nSPS) is 17.4. The molecule has 1 heterocycles. The maximum atomic E-state index is 12.4. The maximum absolute atomic E-state index is 12.4. The molecule has 2 aromatic rings. The average molecular weight is 338 g/mol. The van der Waals surface area contributed by atoms with Gasteiger partial charge in [0.15, 0.2) is 0 Å². The van der Waals surface area contributed by atoms with E-state index in [2.05, 4.69) is 53.5 Å². The molecule has 2 aromatic carbocycles. The zero-order chi connectivity index (χ0) is 17.6. The molecule has 0 aliphatic carbocycles. The lowest BCUT2D eigenvalue weighted by Gasteiger charge is -2.24. The number of hydrogen-bond donors (Lipinski definition) is 1. The van der Waals surface area contributed by atoms with Gasteiger partial charge < -0.3 is 10.1 Å². The van der Waals surface area contributed by atoms with Crippen LogP contribution in [-0.4, -0.2) is 31.0 Å². The van der Waals surface area contributed by atoms with Gasteiger partial charge in [0, 0.05) is 12.6 Å². The molecule has 0 radical (unpaired) electrons. The number of rotatable bonds is 6. The first-order valence-corrected chi connectivity index (χ1v) is 8.86. The molecule has 4 heteroatoms. The molecule has 0 spiro atoms. The topological polar surface area (TPSA) is 41.6 Å². The van der Waals surface area contributed by atoms with Crippen molar-refractivity contribution in [3.63, 3.8) is 0 Å². The van der Waals surface area contributed by atoms with E-state index in [1.165, 1.54) is 11.1 Å². The van der Waals surface area contributed by atoms with Crippen LogP contribution in [0.5, 0.6) is 5.75 Å². The second kappa shape index (κ2) is 8.17. The van der Waals surface area contributed by atoms with Gasteiger partial charge in [0.25, 0.3) is 0 Å². The standard InChI is InChI=1S/C21H26N2O2/c1-16-8-10-17(11-9-16)14-22-21(24)15-23-12-4-7-20(23)18-5-3-6-19(13-18)25-2/h3,5-6,8-11,13,20H,4,7,12,14-15H2,1-2H3,(H,22,24). The van der Waals surface area contributed by atoms with Gasteiger partial charge in [-0.1, -0.05) is 42.0 Å². The number of nitrogens with zero attached hydrogens (tertiary/aromatic N) is 1. The molecule has 0 saturated carbocycles. The number of benzene rings is 2. The van der Waals surface area contributed by atoms with E-state index in [-0.39, 0.29) is 5.91 Å². The Labute approximate surface area is 149 Å². The number of carbonyl (C=O) groups excluding carboxylic acids is 1. The lowest BCUT2D eigenvalue weighted by molar-refractivity contribution is -0.122. The molecule has 1 atom stereocenters. The summed E-state index contributed by atoms with van der Waals surface area (Å²) in [6, 6.07) is 16.7. The molecule has 1 amide bonds. The number of amides is 1. The molecule has 4 nitrogen and oxygen atoms in total. The number of hydrogen-bond acceptors (Lipinski definition) is 3. The molecule has 3 rings (SSSR count). The Balaban J connectivity index is 1.57. The highest BCUT2D eigenvalue weighted by Gasteiger charge is 2.27. The summed E-state index contributed by atoms with van der Waals surface area (Å²) >= 11 is 0. The monoisotopic (exact) mass is 338 g/mol. The van der Waals surface area contributed by atoms with Gasteiger partial charge in [-0.2, -0.15) is 0 Å². The first-order valence-electron chi connectivity index (χ1n) is 8.86. The van der Waals surface area contributed by atoms with Gasteiger partial charge in [0.2, 0.25) is 5.91 Å². The number of nitrogens with one attached hydrogen (secondary N) is 1. The largest absolute Gasteiger partial charge is 0.497 e. The van der Waals surface area contributed by atoms with E-state index in [0.717, 1.165) is 30.7 Å². The van der Waals surface area contributed by atoms with E-state index in [4.69, 9.17) is 4.74 Å². The third-order valence-electron chi connectivity index (χ3n) is 4.80. The smallest absolute Gasteiger partial charge is 0.234 e. The summed E-state index contributed by atoms with van der Waals surface area (Å²) < 4.78 is 5.33. The molecule has 1 fully saturated rings. The van der Waals surface area contributed by atoms with Crippen LogP contribution in [0, 0.1) is 6.92 Å². The predicted octanol–water partition coefficient (Wildman–Crippen LogP) is 3.46. The molecular weight excluding hydrogens is 312 g/mol. The van der Waals surface area contributed by atoms with Gasteiger partial charge >= 0.3 is 0 Å². The van der Waals surface area contributed by atoms with Crippen molar-refractivity contribution < 1.29 is 9.53 Å². The fourth-order valence-corrected chi connectivity index (χ4v) is 3.39. The summed E-state index contributed by atoms with van der Waals surface area (Å²) in [6.07, 6.45) is 2.20. The van der Waals surface area contributed by atoms with E-state index in [1.54, 1.807) is 7.11 Å². The summed E-state index contributed by atoms with van der Waals surface area (Å²) in [5.74, 6) is 0.948. The Bertz CT molecular complexity index is 712. The summed E-state index contributed by atoms with van der Waals surface area (Å²) in [5.41, 5.74) is 3.58. The zero-order valence-electron chi connectivity index (χ0n) is 15.0. The number of likely N-dealkylation sites (tertiary alicyclic amines) is 1. The van der Waals surface area contributed by atoms with Crippen LogP contribution < -0.4 is 10.1 Å². The molecule has 132 valence electrons. The van der Waals surface area contributed by atoms with Gasteiger partial charge in [0.05, 0.1) is 13.7 Å². The van der Waals surface area contributed by atoms with Crippen LogP contribution in [0.4, 0.5) is 0 Å². The van der Waals surface area contributed by atoms with Gasteiger partial charge in [0.1, 0.15) is 5.75 Å². The van der Waals surface area contributed by atoms with E-state index < -0.39 is 0 Å². The van der Waals surface area contributed by atoms with E-state index in [9.17, 15) is 4.79 Å². The summed E-state index contributed by atoms with van der Waals surface area (Å²) in [5, 5.41) is 3.03. The van der Waals surface area contributed by atoms with E-state index in [0.29, 0.717) is 19.1 Å². The quantitative estimate of drug-likeness (QED) is 0.877. The SMILES string of the molecule is COc1cccc(C2CCCN2CC(=O)NCc2ccc(C)cc2)c1. The Kier molecular flexibility index (Phi) is 5.71. The fraction of sp³-hybridized carbons (Fsp3) is 0.381. The van der Waals surface area contributed by atoms with Crippen LogP contribution >= 0.6 is 0 Å². The minimum atomic E-state index is 0.0790. The maximum Gasteiger partial charge on any atom is 0.234 e. The van der Waals surface area contributed by atoms with E-state index >= 15 is 0 Å². The van der Waals surface area contributed by atoms with Crippen molar-refractivity contribution in [3.8, 4) is 5.75 Å². The van der Waals surface area contributed by atoms with Crippen LogP contribution in [0.3, 0.4) is 0 Å². The van der Waals surface area contributed by atoms with Crippen LogP contribution in [-0.2, 0) is 11.3 Å². The Morgan fingerprint density at radius 2 is 2.04 bits per heavy atom. The highest BCUT2D eigenvalue weighted by atomic mass is 16.5. The second-order valence-corrected chi connectivity index (χ2v) is 6.67. The number of carbonyl (C=O) groups is 1.